The van der Waals surface area contributed by atoms with E-state index in [0.29, 0.717) is 29.1 Å². The molecule has 0 radical (unpaired) electrons. The SMILES string of the molecule is O=C1CCCC2=C1[C@H](c1ccc3c(c1)OCO3)[C@H]1C(=O)c3ccccc3C1=N2. The third-order valence-electron chi connectivity index (χ3n) is 6.13. The minimum absolute atomic E-state index is 0.0435. The molecule has 28 heavy (non-hydrogen) atoms. The van der Waals surface area contributed by atoms with Crippen molar-refractivity contribution in [1.29, 1.82) is 0 Å². The maximum Gasteiger partial charge on any atom is 0.231 e. The van der Waals surface area contributed by atoms with E-state index in [4.69, 9.17) is 14.5 Å². The number of ether oxygens (including phenoxy) is 2. The second-order valence-electron chi connectivity index (χ2n) is 7.61. The molecule has 2 atom stereocenters. The van der Waals surface area contributed by atoms with Crippen LogP contribution in [0.15, 0.2) is 58.7 Å². The lowest BCUT2D eigenvalue weighted by Crippen LogP contribution is -2.33. The fourth-order valence-electron chi connectivity index (χ4n) is 4.91. The number of rotatable bonds is 1. The predicted octanol–water partition coefficient (Wildman–Crippen LogP) is 3.82. The van der Waals surface area contributed by atoms with Crippen LogP contribution in [0, 0.1) is 5.92 Å². The predicted molar refractivity (Wildman–Crippen MR) is 102 cm³/mol. The average molecular weight is 371 g/mol. The molecule has 2 heterocycles. The number of hydrogen-bond donors (Lipinski definition) is 0. The maximum absolute atomic E-state index is 13.4. The summed E-state index contributed by atoms with van der Waals surface area (Å²) in [6.45, 7) is 0.191. The molecule has 2 aliphatic heterocycles. The molecule has 0 bridgehead atoms. The van der Waals surface area contributed by atoms with Gasteiger partial charge in [-0.3, -0.25) is 14.6 Å². The van der Waals surface area contributed by atoms with E-state index in [9.17, 15) is 9.59 Å². The van der Waals surface area contributed by atoms with E-state index < -0.39 is 5.92 Å². The highest BCUT2D eigenvalue weighted by Crippen LogP contribution is 2.49. The Kier molecular flexibility index (Phi) is 3.19. The van der Waals surface area contributed by atoms with Crippen LogP contribution in [0.3, 0.4) is 0 Å². The molecule has 0 amide bonds. The number of nitrogens with zero attached hydrogens (tertiary/aromatic N) is 1. The quantitative estimate of drug-likeness (QED) is 0.764. The zero-order valence-electron chi connectivity index (χ0n) is 15.1. The Balaban J connectivity index is 1.59. The first kappa shape index (κ1) is 15.8. The Morgan fingerprint density at radius 2 is 1.71 bits per heavy atom. The third-order valence-corrected chi connectivity index (χ3v) is 6.13. The Morgan fingerprint density at radius 3 is 2.61 bits per heavy atom. The summed E-state index contributed by atoms with van der Waals surface area (Å²) in [7, 11) is 0. The summed E-state index contributed by atoms with van der Waals surface area (Å²) in [4.78, 5) is 31.1. The highest BCUT2D eigenvalue weighted by atomic mass is 16.7. The van der Waals surface area contributed by atoms with Gasteiger partial charge in [0.15, 0.2) is 23.1 Å². The molecule has 0 spiro atoms. The van der Waals surface area contributed by atoms with Crippen molar-refractivity contribution in [3.05, 3.63) is 70.4 Å². The van der Waals surface area contributed by atoms with Gasteiger partial charge in [-0.05, 0) is 30.5 Å². The van der Waals surface area contributed by atoms with Crippen LogP contribution in [-0.4, -0.2) is 24.1 Å². The average Bonchev–Trinajstić information content (AvgIpc) is 3.30. The molecule has 138 valence electrons. The molecule has 0 aromatic heterocycles. The fraction of sp³-hybridized carbons (Fsp3) is 0.261. The van der Waals surface area contributed by atoms with Gasteiger partial charge in [-0.15, -0.1) is 0 Å². The van der Waals surface area contributed by atoms with Crippen molar-refractivity contribution >= 4 is 17.3 Å². The van der Waals surface area contributed by atoms with Gasteiger partial charge in [0.05, 0.1) is 11.6 Å². The molecule has 0 fully saturated rings. The number of hydrogen-bond acceptors (Lipinski definition) is 5. The number of carbonyl (C=O) groups excluding carboxylic acids is 2. The van der Waals surface area contributed by atoms with E-state index >= 15 is 0 Å². The summed E-state index contributed by atoms with van der Waals surface area (Å²) in [6.07, 6.45) is 2.09. The van der Waals surface area contributed by atoms with Crippen LogP contribution in [-0.2, 0) is 4.79 Å². The molecule has 2 aromatic carbocycles. The van der Waals surface area contributed by atoms with Gasteiger partial charge < -0.3 is 9.47 Å². The minimum Gasteiger partial charge on any atom is -0.454 e. The standard InChI is InChI=1S/C23H17NO4/c25-16-7-3-6-15-20(16)19(12-8-9-17-18(10-12)28-11-27-17)21-22(24-15)13-4-1-2-5-14(13)23(21)26/h1-2,4-5,8-10,19,21H,3,6-7,11H2/t19-,21+/m0/s1. The lowest BCUT2D eigenvalue weighted by Gasteiger charge is -2.33. The summed E-state index contributed by atoms with van der Waals surface area (Å²) in [5, 5.41) is 0. The summed E-state index contributed by atoms with van der Waals surface area (Å²) in [6, 6.07) is 13.4. The van der Waals surface area contributed by atoms with Crippen molar-refractivity contribution in [3.8, 4) is 11.5 Å². The zero-order chi connectivity index (χ0) is 18.8. The van der Waals surface area contributed by atoms with Crippen molar-refractivity contribution in [1.82, 2.24) is 0 Å². The van der Waals surface area contributed by atoms with Gasteiger partial charge in [0.25, 0.3) is 0 Å². The molecule has 0 saturated heterocycles. The van der Waals surface area contributed by atoms with Gasteiger partial charge in [-0.1, -0.05) is 30.3 Å². The summed E-state index contributed by atoms with van der Waals surface area (Å²) >= 11 is 0. The fourth-order valence-corrected chi connectivity index (χ4v) is 4.91. The van der Waals surface area contributed by atoms with Gasteiger partial charge >= 0.3 is 0 Å². The summed E-state index contributed by atoms with van der Waals surface area (Å²) in [5.41, 5.74) is 4.86. The summed E-state index contributed by atoms with van der Waals surface area (Å²) < 4.78 is 11.0. The van der Waals surface area contributed by atoms with E-state index in [1.165, 1.54) is 0 Å². The van der Waals surface area contributed by atoms with Crippen LogP contribution >= 0.6 is 0 Å². The molecule has 5 heteroatoms. The second-order valence-corrected chi connectivity index (χ2v) is 7.61. The van der Waals surface area contributed by atoms with Crippen LogP contribution in [0.4, 0.5) is 0 Å². The number of carbonyl (C=O) groups is 2. The molecular formula is C23H17NO4. The molecule has 4 aliphatic rings. The number of Topliss-reactive ketones (excluding diaryl/α,β-unsaturated/α-hetero) is 2. The first-order valence-corrected chi connectivity index (χ1v) is 9.60. The first-order chi connectivity index (χ1) is 13.7. The molecule has 0 unspecified atom stereocenters. The number of benzene rings is 2. The number of aliphatic imine (C=N–C) groups is 1. The van der Waals surface area contributed by atoms with Crippen molar-refractivity contribution in [2.75, 3.05) is 6.79 Å². The molecule has 0 saturated carbocycles. The number of ketones is 2. The van der Waals surface area contributed by atoms with E-state index in [0.717, 1.165) is 35.4 Å². The lowest BCUT2D eigenvalue weighted by atomic mass is 9.71. The molecule has 0 N–H and O–H groups in total. The Labute approximate surface area is 161 Å². The van der Waals surface area contributed by atoms with Crippen molar-refractivity contribution < 1.29 is 19.1 Å². The monoisotopic (exact) mass is 371 g/mol. The van der Waals surface area contributed by atoms with Gasteiger partial charge in [-0.2, -0.15) is 0 Å². The van der Waals surface area contributed by atoms with Crippen LogP contribution in [0.1, 0.15) is 46.7 Å². The van der Waals surface area contributed by atoms with Crippen LogP contribution < -0.4 is 9.47 Å². The Morgan fingerprint density at radius 1 is 0.893 bits per heavy atom. The van der Waals surface area contributed by atoms with Gasteiger partial charge in [0.1, 0.15) is 0 Å². The van der Waals surface area contributed by atoms with E-state index in [2.05, 4.69) is 0 Å². The minimum atomic E-state index is -0.460. The highest BCUT2D eigenvalue weighted by molar-refractivity contribution is 6.30. The van der Waals surface area contributed by atoms with Crippen molar-refractivity contribution in [3.63, 3.8) is 0 Å². The van der Waals surface area contributed by atoms with E-state index in [-0.39, 0.29) is 24.3 Å². The van der Waals surface area contributed by atoms with Gasteiger partial charge in [0.2, 0.25) is 6.79 Å². The highest BCUT2D eigenvalue weighted by Gasteiger charge is 2.48. The molecule has 6 rings (SSSR count). The Hall–Kier alpha value is -3.21. The van der Waals surface area contributed by atoms with E-state index in [1.807, 2.05) is 42.5 Å². The normalized spacial score (nSPS) is 24.6. The smallest absolute Gasteiger partial charge is 0.231 e. The number of fused-ring (bicyclic) bond motifs is 4. The molecule has 2 aliphatic carbocycles. The van der Waals surface area contributed by atoms with Gasteiger partial charge in [0, 0.05) is 34.7 Å². The van der Waals surface area contributed by atoms with Crippen LogP contribution in [0.2, 0.25) is 0 Å². The second kappa shape index (κ2) is 5.64. The largest absolute Gasteiger partial charge is 0.454 e. The lowest BCUT2D eigenvalue weighted by molar-refractivity contribution is -0.116. The van der Waals surface area contributed by atoms with Gasteiger partial charge in [-0.25, -0.2) is 0 Å². The Bertz CT molecular complexity index is 1130. The van der Waals surface area contributed by atoms with Crippen LogP contribution in [0.5, 0.6) is 11.5 Å². The third kappa shape index (κ3) is 2.04. The topological polar surface area (TPSA) is 65.0 Å². The first-order valence-electron chi connectivity index (χ1n) is 9.60. The summed E-state index contributed by atoms with van der Waals surface area (Å²) in [5.74, 6) is 0.717. The van der Waals surface area contributed by atoms with Crippen molar-refractivity contribution in [2.45, 2.75) is 25.2 Å². The van der Waals surface area contributed by atoms with Crippen molar-refractivity contribution in [2.24, 2.45) is 10.9 Å². The zero-order valence-corrected chi connectivity index (χ0v) is 15.1. The molecule has 5 nitrogen and oxygen atoms in total. The molecular weight excluding hydrogens is 354 g/mol. The van der Waals surface area contributed by atoms with Crippen LogP contribution in [0.25, 0.3) is 0 Å². The number of allylic oxidation sites excluding steroid dienone is 2. The van der Waals surface area contributed by atoms with E-state index in [1.54, 1.807) is 0 Å². The molecule has 2 aromatic rings. The maximum atomic E-state index is 13.4.